The molecule has 0 saturated carbocycles. The van der Waals surface area contributed by atoms with Gasteiger partial charge in [-0.25, -0.2) is 0 Å². The predicted octanol–water partition coefficient (Wildman–Crippen LogP) is 2.15. The molecule has 0 aliphatic carbocycles. The Bertz CT molecular complexity index is 484. The van der Waals surface area contributed by atoms with Gasteiger partial charge in [0, 0.05) is 31.0 Å². The molecule has 0 aromatic heterocycles. The molecule has 0 bridgehead atoms. The Balaban J connectivity index is 1.85. The molecule has 2 amide bonds. The van der Waals surface area contributed by atoms with E-state index in [1.54, 1.807) is 18.8 Å². The van der Waals surface area contributed by atoms with Crippen molar-refractivity contribution in [2.45, 2.75) is 29.9 Å². The van der Waals surface area contributed by atoms with Gasteiger partial charge in [-0.15, -0.1) is 11.8 Å². The van der Waals surface area contributed by atoms with E-state index in [-0.39, 0.29) is 23.0 Å². The molecule has 4 nitrogen and oxygen atoms in total. The van der Waals surface area contributed by atoms with Crippen molar-refractivity contribution < 1.29 is 9.59 Å². The standard InChI is InChI=1S/C16H22N2O2S/c1-12(21-14-6-4-3-5-7-14)16(20)18-10-8-13(9-11-18)15(19)17-2/h3-7,12-13H,8-11H2,1-2H3,(H,17,19). The van der Waals surface area contributed by atoms with Crippen LogP contribution in [0.1, 0.15) is 19.8 Å². The Morgan fingerprint density at radius 3 is 2.43 bits per heavy atom. The lowest BCUT2D eigenvalue weighted by atomic mass is 9.96. The van der Waals surface area contributed by atoms with Gasteiger partial charge in [0.05, 0.1) is 5.25 Å². The predicted molar refractivity (Wildman–Crippen MR) is 85.1 cm³/mol. The Hall–Kier alpha value is -1.49. The highest BCUT2D eigenvalue weighted by atomic mass is 32.2. The van der Waals surface area contributed by atoms with E-state index < -0.39 is 0 Å². The fourth-order valence-electron chi connectivity index (χ4n) is 2.58. The normalized spacial score (nSPS) is 17.3. The van der Waals surface area contributed by atoms with Crippen LogP contribution in [0.3, 0.4) is 0 Å². The van der Waals surface area contributed by atoms with E-state index in [0.717, 1.165) is 17.7 Å². The number of rotatable bonds is 4. The third-order valence-corrected chi connectivity index (χ3v) is 4.93. The first kappa shape index (κ1) is 15.9. The molecule has 2 rings (SSSR count). The maximum Gasteiger partial charge on any atom is 0.235 e. The van der Waals surface area contributed by atoms with Crippen LogP contribution in [0.2, 0.25) is 0 Å². The monoisotopic (exact) mass is 306 g/mol. The molecule has 1 saturated heterocycles. The second kappa shape index (κ2) is 7.50. The molecule has 1 N–H and O–H groups in total. The van der Waals surface area contributed by atoms with Crippen molar-refractivity contribution in [3.8, 4) is 0 Å². The molecule has 1 atom stereocenters. The van der Waals surface area contributed by atoms with Crippen molar-refractivity contribution in [2.24, 2.45) is 5.92 Å². The molecule has 1 aliphatic heterocycles. The molecule has 1 unspecified atom stereocenters. The molecular weight excluding hydrogens is 284 g/mol. The van der Waals surface area contributed by atoms with Crippen LogP contribution in [0.15, 0.2) is 35.2 Å². The van der Waals surface area contributed by atoms with Gasteiger partial charge in [-0.1, -0.05) is 18.2 Å². The topological polar surface area (TPSA) is 49.4 Å². The largest absolute Gasteiger partial charge is 0.359 e. The summed E-state index contributed by atoms with van der Waals surface area (Å²) in [7, 11) is 1.67. The van der Waals surface area contributed by atoms with Crippen molar-refractivity contribution in [3.05, 3.63) is 30.3 Å². The van der Waals surface area contributed by atoms with Gasteiger partial charge in [0.15, 0.2) is 0 Å². The SMILES string of the molecule is CNC(=O)C1CCN(C(=O)C(C)Sc2ccccc2)CC1. The molecule has 0 radical (unpaired) electrons. The molecule has 1 heterocycles. The van der Waals surface area contributed by atoms with Crippen LogP contribution in [0, 0.1) is 5.92 Å². The Labute approximate surface area is 130 Å². The summed E-state index contributed by atoms with van der Waals surface area (Å²) < 4.78 is 0. The fourth-order valence-corrected chi connectivity index (χ4v) is 3.55. The van der Waals surface area contributed by atoms with E-state index in [1.165, 1.54) is 0 Å². The fraction of sp³-hybridized carbons (Fsp3) is 0.500. The van der Waals surface area contributed by atoms with E-state index in [4.69, 9.17) is 0 Å². The minimum absolute atomic E-state index is 0.0520. The Kier molecular flexibility index (Phi) is 5.67. The van der Waals surface area contributed by atoms with Crippen molar-refractivity contribution in [3.63, 3.8) is 0 Å². The molecule has 1 aromatic carbocycles. The summed E-state index contributed by atoms with van der Waals surface area (Å²) in [5.74, 6) is 0.309. The van der Waals surface area contributed by atoms with Crippen molar-refractivity contribution in [1.82, 2.24) is 10.2 Å². The minimum Gasteiger partial charge on any atom is -0.359 e. The van der Waals surface area contributed by atoms with Gasteiger partial charge in [-0.2, -0.15) is 0 Å². The number of nitrogens with zero attached hydrogens (tertiary/aromatic N) is 1. The summed E-state index contributed by atoms with van der Waals surface area (Å²) in [6.45, 7) is 3.30. The van der Waals surface area contributed by atoms with Crippen LogP contribution in [-0.2, 0) is 9.59 Å². The Morgan fingerprint density at radius 1 is 1.24 bits per heavy atom. The maximum atomic E-state index is 12.5. The zero-order valence-corrected chi connectivity index (χ0v) is 13.4. The highest BCUT2D eigenvalue weighted by molar-refractivity contribution is 8.00. The maximum absolute atomic E-state index is 12.5. The van der Waals surface area contributed by atoms with E-state index in [0.29, 0.717) is 13.1 Å². The third kappa shape index (κ3) is 4.24. The molecule has 1 aromatic rings. The van der Waals surface area contributed by atoms with Crippen molar-refractivity contribution in [2.75, 3.05) is 20.1 Å². The quantitative estimate of drug-likeness (QED) is 0.867. The summed E-state index contributed by atoms with van der Waals surface area (Å²) in [6.07, 6.45) is 1.52. The van der Waals surface area contributed by atoms with Crippen LogP contribution >= 0.6 is 11.8 Å². The van der Waals surface area contributed by atoms with E-state index in [1.807, 2.05) is 42.2 Å². The second-order valence-corrected chi connectivity index (χ2v) is 6.70. The highest BCUT2D eigenvalue weighted by Gasteiger charge is 2.29. The summed E-state index contributed by atoms with van der Waals surface area (Å²) in [6, 6.07) is 9.97. The van der Waals surface area contributed by atoms with Gasteiger partial charge in [0.25, 0.3) is 0 Å². The molecule has 114 valence electrons. The zero-order chi connectivity index (χ0) is 15.2. The lowest BCUT2D eigenvalue weighted by Gasteiger charge is -2.32. The summed E-state index contributed by atoms with van der Waals surface area (Å²) in [5.41, 5.74) is 0. The van der Waals surface area contributed by atoms with Crippen molar-refractivity contribution >= 4 is 23.6 Å². The van der Waals surface area contributed by atoms with Crippen LogP contribution in [0.4, 0.5) is 0 Å². The first-order chi connectivity index (χ1) is 10.1. The van der Waals surface area contributed by atoms with E-state index >= 15 is 0 Å². The number of nitrogens with one attached hydrogen (secondary N) is 1. The van der Waals surface area contributed by atoms with Gasteiger partial charge < -0.3 is 10.2 Å². The number of piperidine rings is 1. The van der Waals surface area contributed by atoms with Gasteiger partial charge >= 0.3 is 0 Å². The summed E-state index contributed by atoms with van der Waals surface area (Å²) in [5, 5.41) is 2.59. The number of likely N-dealkylation sites (tertiary alicyclic amines) is 1. The van der Waals surface area contributed by atoms with Crippen LogP contribution in [-0.4, -0.2) is 42.1 Å². The van der Waals surface area contributed by atoms with Gasteiger partial charge in [0.2, 0.25) is 11.8 Å². The number of carbonyl (C=O) groups is 2. The number of hydrogen-bond donors (Lipinski definition) is 1. The van der Waals surface area contributed by atoms with E-state index in [9.17, 15) is 9.59 Å². The molecule has 5 heteroatoms. The van der Waals surface area contributed by atoms with Gasteiger partial charge in [-0.05, 0) is 31.9 Å². The molecular formula is C16H22N2O2S. The lowest BCUT2D eigenvalue weighted by molar-refractivity contribution is -0.134. The van der Waals surface area contributed by atoms with E-state index in [2.05, 4.69) is 5.32 Å². The number of benzene rings is 1. The Morgan fingerprint density at radius 2 is 1.86 bits per heavy atom. The first-order valence-electron chi connectivity index (χ1n) is 7.34. The highest BCUT2D eigenvalue weighted by Crippen LogP contribution is 2.26. The van der Waals surface area contributed by atoms with Crippen LogP contribution in [0.25, 0.3) is 0 Å². The second-order valence-electron chi connectivity index (χ2n) is 5.29. The first-order valence-corrected chi connectivity index (χ1v) is 8.22. The van der Waals surface area contributed by atoms with Crippen LogP contribution in [0.5, 0.6) is 0 Å². The summed E-state index contributed by atoms with van der Waals surface area (Å²) in [4.78, 5) is 27.1. The van der Waals surface area contributed by atoms with Gasteiger partial charge in [0.1, 0.15) is 0 Å². The zero-order valence-electron chi connectivity index (χ0n) is 12.5. The van der Waals surface area contributed by atoms with Crippen molar-refractivity contribution in [1.29, 1.82) is 0 Å². The molecule has 1 aliphatic rings. The molecule has 1 fully saturated rings. The van der Waals surface area contributed by atoms with Crippen LogP contribution < -0.4 is 5.32 Å². The average molecular weight is 306 g/mol. The lowest BCUT2D eigenvalue weighted by Crippen LogP contribution is -2.44. The number of hydrogen-bond acceptors (Lipinski definition) is 3. The smallest absolute Gasteiger partial charge is 0.235 e. The molecule has 0 spiro atoms. The number of amides is 2. The number of carbonyl (C=O) groups excluding carboxylic acids is 2. The third-order valence-electron chi connectivity index (χ3n) is 3.83. The van der Waals surface area contributed by atoms with Gasteiger partial charge in [-0.3, -0.25) is 9.59 Å². The summed E-state index contributed by atoms with van der Waals surface area (Å²) >= 11 is 1.59. The number of thioether (sulfide) groups is 1. The molecule has 21 heavy (non-hydrogen) atoms. The average Bonchev–Trinajstić information content (AvgIpc) is 2.54. The minimum atomic E-state index is -0.0936.